The molecule has 2 amide bonds. The van der Waals surface area contributed by atoms with Gasteiger partial charge in [-0.05, 0) is 44.9 Å². The van der Waals surface area contributed by atoms with Crippen LogP contribution in [0.25, 0.3) is 0 Å². The van der Waals surface area contributed by atoms with Crippen LogP contribution in [0, 0.1) is 25.2 Å². The van der Waals surface area contributed by atoms with E-state index in [2.05, 4.69) is 5.32 Å². The highest BCUT2D eigenvalue weighted by Gasteiger charge is 2.21. The van der Waals surface area contributed by atoms with Crippen LogP contribution in [0.1, 0.15) is 40.4 Å². The van der Waals surface area contributed by atoms with E-state index in [4.69, 9.17) is 21.1 Å². The molecular formula is C23H26ClN3O5. The van der Waals surface area contributed by atoms with Crippen LogP contribution < -0.4 is 14.8 Å². The van der Waals surface area contributed by atoms with E-state index in [1.54, 1.807) is 0 Å². The first kappa shape index (κ1) is 25.0. The quantitative estimate of drug-likeness (QED) is 0.336. The summed E-state index contributed by atoms with van der Waals surface area (Å²) in [6.07, 6.45) is -0.470. The number of rotatable bonds is 9. The van der Waals surface area contributed by atoms with Crippen molar-refractivity contribution in [3.05, 3.63) is 57.6 Å². The van der Waals surface area contributed by atoms with Crippen LogP contribution in [0.2, 0.25) is 5.02 Å². The minimum absolute atomic E-state index is 0.0398. The zero-order valence-electron chi connectivity index (χ0n) is 18.4. The number of ether oxygens (including phenoxy) is 2. The van der Waals surface area contributed by atoms with Crippen LogP contribution in [0.4, 0.5) is 0 Å². The van der Waals surface area contributed by atoms with Crippen LogP contribution in [0.5, 0.6) is 11.5 Å². The third-order valence-corrected chi connectivity index (χ3v) is 4.91. The fourth-order valence-corrected chi connectivity index (χ4v) is 3.17. The van der Waals surface area contributed by atoms with Crippen molar-refractivity contribution in [3.63, 3.8) is 0 Å². The molecule has 1 atom stereocenters. The van der Waals surface area contributed by atoms with Gasteiger partial charge in [0.25, 0.3) is 11.8 Å². The monoisotopic (exact) mass is 459 g/mol. The van der Waals surface area contributed by atoms with Gasteiger partial charge in [0.05, 0.1) is 22.8 Å². The van der Waals surface area contributed by atoms with E-state index in [9.17, 15) is 20.1 Å². The molecule has 2 rings (SSSR count). The van der Waals surface area contributed by atoms with E-state index in [1.165, 1.54) is 26.1 Å². The molecule has 0 aliphatic rings. The second kappa shape index (κ2) is 11.4. The molecule has 0 saturated heterocycles. The summed E-state index contributed by atoms with van der Waals surface area (Å²) in [5.74, 6) is -0.295. The number of hydroxylamine groups is 2. The van der Waals surface area contributed by atoms with Crippen molar-refractivity contribution in [2.45, 2.75) is 33.3 Å². The highest BCUT2D eigenvalue weighted by molar-refractivity contribution is 6.34. The first-order valence-corrected chi connectivity index (χ1v) is 10.4. The molecule has 170 valence electrons. The molecule has 32 heavy (non-hydrogen) atoms. The molecule has 0 aliphatic carbocycles. The van der Waals surface area contributed by atoms with E-state index in [-0.39, 0.29) is 21.9 Å². The maximum absolute atomic E-state index is 12.5. The zero-order valence-corrected chi connectivity index (χ0v) is 19.2. The minimum Gasteiger partial charge on any atom is -0.493 e. The fourth-order valence-electron chi connectivity index (χ4n) is 2.93. The van der Waals surface area contributed by atoms with Crippen LogP contribution in [0.15, 0.2) is 30.3 Å². The molecule has 2 aromatic rings. The van der Waals surface area contributed by atoms with Gasteiger partial charge in [-0.25, -0.2) is 5.06 Å². The molecule has 0 aliphatic heterocycles. The Morgan fingerprint density at radius 3 is 2.59 bits per heavy atom. The van der Waals surface area contributed by atoms with E-state index >= 15 is 0 Å². The standard InChI is InChI=1S/C23H26ClN3O5/c1-14-6-7-20(15(2)10-14)31-9-5-8-26-22(28)18-11-17(13-25)21(12-19(18)24)32-16(3)23(29)27(4)30/h6-7,10-12,16,30H,5,8-9H2,1-4H3,(H,26,28). The van der Waals surface area contributed by atoms with E-state index < -0.39 is 17.9 Å². The van der Waals surface area contributed by atoms with Gasteiger partial charge in [0.1, 0.15) is 17.6 Å². The lowest BCUT2D eigenvalue weighted by atomic mass is 10.1. The Bertz CT molecular complexity index is 1030. The summed E-state index contributed by atoms with van der Waals surface area (Å²) >= 11 is 6.21. The predicted molar refractivity (Wildman–Crippen MR) is 119 cm³/mol. The Labute approximate surface area is 192 Å². The summed E-state index contributed by atoms with van der Waals surface area (Å²) in [5, 5.41) is 21.8. The lowest BCUT2D eigenvalue weighted by Crippen LogP contribution is -2.35. The highest BCUT2D eigenvalue weighted by Crippen LogP contribution is 2.28. The summed E-state index contributed by atoms with van der Waals surface area (Å²) in [6.45, 7) is 6.20. The third kappa shape index (κ3) is 6.61. The van der Waals surface area contributed by atoms with Crippen molar-refractivity contribution in [1.82, 2.24) is 10.4 Å². The largest absolute Gasteiger partial charge is 0.493 e. The number of benzene rings is 2. The Morgan fingerprint density at radius 2 is 1.97 bits per heavy atom. The molecule has 2 aromatic carbocycles. The first-order chi connectivity index (χ1) is 15.1. The van der Waals surface area contributed by atoms with Crippen molar-refractivity contribution in [2.75, 3.05) is 20.2 Å². The Balaban J connectivity index is 1.95. The molecule has 1 unspecified atom stereocenters. The molecular weight excluding hydrogens is 434 g/mol. The molecule has 0 bridgehead atoms. The molecule has 0 aromatic heterocycles. The lowest BCUT2D eigenvalue weighted by Gasteiger charge is -2.18. The van der Waals surface area contributed by atoms with Gasteiger partial charge in [0.2, 0.25) is 0 Å². The van der Waals surface area contributed by atoms with Gasteiger partial charge in [-0.1, -0.05) is 29.3 Å². The summed E-state index contributed by atoms with van der Waals surface area (Å²) in [6, 6.07) is 10.5. The minimum atomic E-state index is -1.05. The first-order valence-electron chi connectivity index (χ1n) is 9.99. The number of nitrogens with zero attached hydrogens (tertiary/aromatic N) is 2. The fraction of sp³-hybridized carbons (Fsp3) is 0.348. The Kier molecular flexibility index (Phi) is 8.88. The molecule has 0 spiro atoms. The summed E-state index contributed by atoms with van der Waals surface area (Å²) < 4.78 is 11.2. The lowest BCUT2D eigenvalue weighted by molar-refractivity contribution is -0.166. The average molecular weight is 460 g/mol. The summed E-state index contributed by atoms with van der Waals surface area (Å²) in [4.78, 5) is 24.3. The molecule has 0 saturated carbocycles. The van der Waals surface area contributed by atoms with Gasteiger partial charge < -0.3 is 14.8 Å². The van der Waals surface area contributed by atoms with Crippen molar-refractivity contribution in [3.8, 4) is 17.6 Å². The van der Waals surface area contributed by atoms with Gasteiger partial charge in [0, 0.05) is 19.7 Å². The number of likely N-dealkylation sites (N-methyl/N-ethyl adjacent to an activating group) is 1. The third-order valence-electron chi connectivity index (χ3n) is 4.60. The van der Waals surface area contributed by atoms with Crippen molar-refractivity contribution >= 4 is 23.4 Å². The van der Waals surface area contributed by atoms with E-state index in [0.29, 0.717) is 24.6 Å². The molecule has 0 fully saturated rings. The number of halogens is 1. The number of nitrogens with one attached hydrogen (secondary N) is 1. The average Bonchev–Trinajstić information content (AvgIpc) is 2.74. The van der Waals surface area contributed by atoms with Crippen LogP contribution in [-0.4, -0.2) is 48.4 Å². The van der Waals surface area contributed by atoms with Gasteiger partial charge in [-0.15, -0.1) is 0 Å². The Morgan fingerprint density at radius 1 is 1.25 bits per heavy atom. The Hall–Kier alpha value is -3.28. The van der Waals surface area contributed by atoms with E-state index in [0.717, 1.165) is 16.9 Å². The van der Waals surface area contributed by atoms with E-state index in [1.807, 2.05) is 38.1 Å². The van der Waals surface area contributed by atoms with Gasteiger partial charge in [-0.3, -0.25) is 14.8 Å². The van der Waals surface area contributed by atoms with Gasteiger partial charge in [-0.2, -0.15) is 5.26 Å². The number of aryl methyl sites for hydroxylation is 2. The number of carbonyl (C=O) groups is 2. The van der Waals surface area contributed by atoms with Crippen LogP contribution in [0.3, 0.4) is 0 Å². The van der Waals surface area contributed by atoms with Crippen molar-refractivity contribution < 1.29 is 24.3 Å². The second-order valence-corrected chi connectivity index (χ2v) is 7.70. The SMILES string of the molecule is Cc1ccc(OCCCNC(=O)c2cc(C#N)c(OC(C)C(=O)N(C)O)cc2Cl)c(C)c1. The van der Waals surface area contributed by atoms with Crippen LogP contribution >= 0.6 is 11.6 Å². The smallest absolute Gasteiger partial charge is 0.286 e. The highest BCUT2D eigenvalue weighted by atomic mass is 35.5. The predicted octanol–water partition coefficient (Wildman–Crippen LogP) is 3.64. The normalized spacial score (nSPS) is 11.3. The number of hydrogen-bond acceptors (Lipinski definition) is 6. The molecule has 9 heteroatoms. The summed E-state index contributed by atoms with van der Waals surface area (Å²) in [7, 11) is 1.17. The number of amides is 2. The number of hydrogen-bond donors (Lipinski definition) is 2. The van der Waals surface area contributed by atoms with Crippen molar-refractivity contribution in [2.24, 2.45) is 0 Å². The number of nitriles is 1. The number of carbonyl (C=O) groups excluding carboxylic acids is 2. The maximum Gasteiger partial charge on any atom is 0.286 e. The molecule has 2 N–H and O–H groups in total. The van der Waals surface area contributed by atoms with Crippen LogP contribution in [-0.2, 0) is 4.79 Å². The maximum atomic E-state index is 12.5. The second-order valence-electron chi connectivity index (χ2n) is 7.29. The summed E-state index contributed by atoms with van der Waals surface area (Å²) in [5.41, 5.74) is 2.37. The van der Waals surface area contributed by atoms with Gasteiger partial charge in [0.15, 0.2) is 6.10 Å². The molecule has 0 heterocycles. The van der Waals surface area contributed by atoms with Gasteiger partial charge >= 0.3 is 0 Å². The molecule has 0 radical (unpaired) electrons. The molecule has 8 nitrogen and oxygen atoms in total. The van der Waals surface area contributed by atoms with Crippen molar-refractivity contribution in [1.29, 1.82) is 5.26 Å². The topological polar surface area (TPSA) is 112 Å². The zero-order chi connectivity index (χ0) is 23.8.